The molecule has 2 heterocycles. The van der Waals surface area contributed by atoms with Crippen LogP contribution in [0, 0.1) is 0 Å². The fourth-order valence-electron chi connectivity index (χ4n) is 1.69. The van der Waals surface area contributed by atoms with E-state index in [1.54, 1.807) is 6.20 Å². The molecule has 0 bridgehead atoms. The Bertz CT molecular complexity index is 447. The summed E-state index contributed by atoms with van der Waals surface area (Å²) < 4.78 is 0. The highest BCUT2D eigenvalue weighted by molar-refractivity contribution is 7.80. The molecular formula is C10H13N5OS. The van der Waals surface area contributed by atoms with Crippen molar-refractivity contribution >= 4 is 28.9 Å². The van der Waals surface area contributed by atoms with Gasteiger partial charge in [0.05, 0.1) is 12.4 Å². The second-order valence-electron chi connectivity index (χ2n) is 3.78. The highest BCUT2D eigenvalue weighted by Gasteiger charge is 2.26. The number of anilines is 1. The van der Waals surface area contributed by atoms with Crippen molar-refractivity contribution in [1.29, 1.82) is 0 Å². The number of thiocarbonyl (C=S) groups is 1. The van der Waals surface area contributed by atoms with Crippen LogP contribution in [0.4, 0.5) is 5.82 Å². The number of hydrogen-bond acceptors (Lipinski definition) is 5. The molecule has 1 aliphatic heterocycles. The molecule has 0 aromatic carbocycles. The van der Waals surface area contributed by atoms with E-state index in [0.29, 0.717) is 24.6 Å². The van der Waals surface area contributed by atoms with Crippen LogP contribution in [-0.4, -0.2) is 40.0 Å². The van der Waals surface area contributed by atoms with Crippen molar-refractivity contribution in [3.8, 4) is 0 Å². The molecular weight excluding hydrogens is 238 g/mol. The van der Waals surface area contributed by atoms with Crippen LogP contribution in [0.15, 0.2) is 12.4 Å². The van der Waals surface area contributed by atoms with Crippen molar-refractivity contribution in [3.63, 3.8) is 0 Å². The first kappa shape index (κ1) is 11.7. The maximum atomic E-state index is 11.5. The third-order valence-corrected chi connectivity index (χ3v) is 2.89. The third-order valence-electron chi connectivity index (χ3n) is 2.68. The van der Waals surface area contributed by atoms with Gasteiger partial charge < -0.3 is 16.0 Å². The molecule has 0 aliphatic carbocycles. The van der Waals surface area contributed by atoms with E-state index < -0.39 is 0 Å². The maximum absolute atomic E-state index is 11.5. The zero-order valence-corrected chi connectivity index (χ0v) is 10.2. The van der Waals surface area contributed by atoms with E-state index in [4.69, 9.17) is 18.0 Å². The fourth-order valence-corrected chi connectivity index (χ4v) is 1.80. The molecule has 0 saturated carbocycles. The van der Waals surface area contributed by atoms with E-state index in [1.165, 1.54) is 6.20 Å². The second-order valence-corrected chi connectivity index (χ2v) is 4.22. The highest BCUT2D eigenvalue weighted by atomic mass is 32.1. The van der Waals surface area contributed by atoms with Crippen LogP contribution in [-0.2, 0) is 4.79 Å². The molecule has 0 spiro atoms. The summed E-state index contributed by atoms with van der Waals surface area (Å²) in [6.45, 7) is 3.16. The van der Waals surface area contributed by atoms with Gasteiger partial charge in [0.25, 0.3) is 0 Å². The van der Waals surface area contributed by atoms with Gasteiger partial charge in [-0.2, -0.15) is 0 Å². The zero-order valence-electron chi connectivity index (χ0n) is 9.38. The largest absolute Gasteiger partial charge is 0.388 e. The molecule has 1 amide bonds. The van der Waals surface area contributed by atoms with E-state index in [0.717, 1.165) is 0 Å². The second kappa shape index (κ2) is 4.62. The van der Waals surface area contributed by atoms with Gasteiger partial charge in [0.2, 0.25) is 5.91 Å². The molecule has 17 heavy (non-hydrogen) atoms. The summed E-state index contributed by atoms with van der Waals surface area (Å²) in [6.07, 6.45) is 3.11. The summed E-state index contributed by atoms with van der Waals surface area (Å²) in [6, 6.07) is -0.242. The summed E-state index contributed by atoms with van der Waals surface area (Å²) in [5, 5.41) is 2.79. The Kier molecular flexibility index (Phi) is 3.19. The predicted octanol–water partition coefficient (Wildman–Crippen LogP) is -0.564. The lowest BCUT2D eigenvalue weighted by Gasteiger charge is -2.33. The number of carbonyl (C=O) groups excluding carboxylic acids is 1. The molecule has 90 valence electrons. The van der Waals surface area contributed by atoms with Gasteiger partial charge in [-0.05, 0) is 6.92 Å². The Morgan fingerprint density at radius 2 is 2.35 bits per heavy atom. The summed E-state index contributed by atoms with van der Waals surface area (Å²) in [7, 11) is 0. The Hall–Kier alpha value is -1.76. The number of aromatic nitrogens is 2. The minimum atomic E-state index is -0.242. The first-order valence-corrected chi connectivity index (χ1v) is 5.66. The van der Waals surface area contributed by atoms with Crippen LogP contribution < -0.4 is 16.0 Å². The molecule has 6 nitrogen and oxygen atoms in total. The van der Waals surface area contributed by atoms with Gasteiger partial charge in [-0.15, -0.1) is 0 Å². The molecule has 1 aromatic rings. The van der Waals surface area contributed by atoms with Crippen LogP contribution in [0.25, 0.3) is 0 Å². The SMILES string of the molecule is CC1C(=O)NCCN1c1cnc(C(N)=S)cn1. The van der Waals surface area contributed by atoms with Crippen LogP contribution in [0.3, 0.4) is 0 Å². The van der Waals surface area contributed by atoms with Crippen LogP contribution in [0.2, 0.25) is 0 Å². The summed E-state index contributed by atoms with van der Waals surface area (Å²) in [5.74, 6) is 0.656. The van der Waals surface area contributed by atoms with Crippen molar-refractivity contribution < 1.29 is 4.79 Å². The molecule has 1 atom stereocenters. The normalized spacial score (nSPS) is 19.9. The topological polar surface area (TPSA) is 84.1 Å². The van der Waals surface area contributed by atoms with Gasteiger partial charge in [0, 0.05) is 13.1 Å². The number of nitrogens with zero attached hydrogens (tertiary/aromatic N) is 3. The van der Waals surface area contributed by atoms with Crippen molar-refractivity contribution in [2.75, 3.05) is 18.0 Å². The Morgan fingerprint density at radius 1 is 1.59 bits per heavy atom. The first-order chi connectivity index (χ1) is 8.09. The molecule has 3 N–H and O–H groups in total. The molecule has 1 saturated heterocycles. The lowest BCUT2D eigenvalue weighted by atomic mass is 10.2. The average molecular weight is 251 g/mol. The lowest BCUT2D eigenvalue weighted by molar-refractivity contribution is -0.122. The fraction of sp³-hybridized carbons (Fsp3) is 0.400. The minimum Gasteiger partial charge on any atom is -0.388 e. The summed E-state index contributed by atoms with van der Waals surface area (Å²) >= 11 is 4.80. The summed E-state index contributed by atoms with van der Waals surface area (Å²) in [4.78, 5) is 22.0. The van der Waals surface area contributed by atoms with Crippen LogP contribution in [0.5, 0.6) is 0 Å². The van der Waals surface area contributed by atoms with Crippen molar-refractivity contribution in [2.24, 2.45) is 5.73 Å². The van der Waals surface area contributed by atoms with E-state index in [2.05, 4.69) is 15.3 Å². The Morgan fingerprint density at radius 3 is 2.94 bits per heavy atom. The first-order valence-electron chi connectivity index (χ1n) is 5.26. The molecule has 7 heteroatoms. The standard InChI is InChI=1S/C10H13N5OS/c1-6-10(16)12-2-3-15(6)8-5-13-7(4-14-8)9(11)17/h4-6H,2-3H2,1H3,(H2,11,17)(H,12,16). The van der Waals surface area contributed by atoms with E-state index in [-0.39, 0.29) is 16.9 Å². The third kappa shape index (κ3) is 2.33. The maximum Gasteiger partial charge on any atom is 0.242 e. The monoisotopic (exact) mass is 251 g/mol. The van der Waals surface area contributed by atoms with Crippen molar-refractivity contribution in [2.45, 2.75) is 13.0 Å². The number of nitrogens with two attached hydrogens (primary N) is 1. The average Bonchev–Trinajstić information content (AvgIpc) is 2.33. The molecule has 1 aromatic heterocycles. The number of carbonyl (C=O) groups is 1. The number of nitrogens with one attached hydrogen (secondary N) is 1. The van der Waals surface area contributed by atoms with E-state index >= 15 is 0 Å². The van der Waals surface area contributed by atoms with Gasteiger partial charge in [0.15, 0.2) is 0 Å². The number of amides is 1. The zero-order chi connectivity index (χ0) is 12.4. The quantitative estimate of drug-likeness (QED) is 0.685. The van der Waals surface area contributed by atoms with Gasteiger partial charge in [-0.1, -0.05) is 12.2 Å². The molecule has 1 aliphatic rings. The van der Waals surface area contributed by atoms with Crippen molar-refractivity contribution in [1.82, 2.24) is 15.3 Å². The molecule has 2 rings (SSSR count). The van der Waals surface area contributed by atoms with Gasteiger partial charge in [-0.3, -0.25) is 4.79 Å². The highest BCUT2D eigenvalue weighted by Crippen LogP contribution is 2.14. The summed E-state index contributed by atoms with van der Waals surface area (Å²) in [5.41, 5.74) is 5.93. The van der Waals surface area contributed by atoms with Gasteiger partial charge >= 0.3 is 0 Å². The van der Waals surface area contributed by atoms with Gasteiger partial charge in [-0.25, -0.2) is 9.97 Å². The Labute approximate surface area is 104 Å². The van der Waals surface area contributed by atoms with E-state index in [9.17, 15) is 4.79 Å². The number of hydrogen-bond donors (Lipinski definition) is 2. The lowest BCUT2D eigenvalue weighted by Crippen LogP contribution is -2.54. The minimum absolute atomic E-state index is 0.00327. The van der Waals surface area contributed by atoms with E-state index in [1.807, 2.05) is 11.8 Å². The van der Waals surface area contributed by atoms with Gasteiger partial charge in [0.1, 0.15) is 22.5 Å². The predicted molar refractivity (Wildman–Crippen MR) is 67.7 cm³/mol. The van der Waals surface area contributed by atoms with Crippen molar-refractivity contribution in [3.05, 3.63) is 18.1 Å². The number of rotatable bonds is 2. The Balaban J connectivity index is 2.22. The number of piperazine rings is 1. The molecule has 0 radical (unpaired) electrons. The van der Waals surface area contributed by atoms with Crippen LogP contribution in [0.1, 0.15) is 12.6 Å². The molecule has 1 fully saturated rings. The van der Waals surface area contributed by atoms with Crippen LogP contribution >= 0.6 is 12.2 Å². The smallest absolute Gasteiger partial charge is 0.242 e. The molecule has 1 unspecified atom stereocenters.